The second kappa shape index (κ2) is 43.6. The summed E-state index contributed by atoms with van der Waals surface area (Å²) in [4.78, 5) is 22.5. The van der Waals surface area contributed by atoms with Gasteiger partial charge in [-0.05, 0) is 51.4 Å². The van der Waals surface area contributed by atoms with Crippen molar-refractivity contribution in [3.8, 4) is 0 Å². The maximum absolute atomic E-state index is 12.6. The van der Waals surface area contributed by atoms with E-state index in [9.17, 15) is 14.3 Å². The van der Waals surface area contributed by atoms with Crippen LogP contribution in [0.25, 0.3) is 0 Å². The van der Waals surface area contributed by atoms with Gasteiger partial charge in [0.25, 0.3) is 0 Å². The molecule has 0 aliphatic heterocycles. The highest BCUT2D eigenvalue weighted by molar-refractivity contribution is 7.47. The minimum atomic E-state index is -4.28. The van der Waals surface area contributed by atoms with Crippen molar-refractivity contribution in [1.82, 2.24) is 0 Å². The van der Waals surface area contributed by atoms with Gasteiger partial charge < -0.3 is 20.1 Å². The summed E-state index contributed by atoms with van der Waals surface area (Å²) >= 11 is 0. The Labute approximate surface area is 339 Å². The first-order valence-electron chi connectivity index (χ1n) is 22.6. The van der Waals surface area contributed by atoms with E-state index in [0.29, 0.717) is 13.0 Å². The zero-order valence-electron chi connectivity index (χ0n) is 35.7. The lowest BCUT2D eigenvalue weighted by molar-refractivity contribution is -0.154. The van der Waals surface area contributed by atoms with Crippen LogP contribution in [0.2, 0.25) is 0 Å². The quantitative estimate of drug-likeness (QED) is 0.0271. The van der Waals surface area contributed by atoms with Crippen molar-refractivity contribution in [2.75, 3.05) is 33.0 Å². The highest BCUT2D eigenvalue weighted by atomic mass is 31.2. The molecule has 3 N–H and O–H groups in total. The molecule has 0 aromatic rings. The summed E-state index contributed by atoms with van der Waals surface area (Å²) in [5.41, 5.74) is 5.37. The minimum Gasteiger partial charge on any atom is -0.457 e. The molecule has 0 aliphatic rings. The van der Waals surface area contributed by atoms with E-state index in [2.05, 4.69) is 62.5 Å². The number of carbonyl (C=O) groups is 1. The molecule has 9 heteroatoms. The van der Waals surface area contributed by atoms with Gasteiger partial charge in [0, 0.05) is 19.6 Å². The molecule has 0 aliphatic carbocycles. The molecular weight excluding hydrogens is 709 g/mol. The molecule has 0 aromatic carbocycles. The number of hydrogen-bond acceptors (Lipinski definition) is 7. The summed E-state index contributed by atoms with van der Waals surface area (Å²) in [5.74, 6) is -0.333. The van der Waals surface area contributed by atoms with E-state index >= 15 is 0 Å². The maximum atomic E-state index is 12.6. The number of rotatable bonds is 43. The van der Waals surface area contributed by atoms with Gasteiger partial charge in [-0.25, -0.2) is 4.57 Å². The van der Waals surface area contributed by atoms with Gasteiger partial charge in [0.2, 0.25) is 0 Å². The highest BCUT2D eigenvalue weighted by Gasteiger charge is 2.25. The Kier molecular flexibility index (Phi) is 42.4. The van der Waals surface area contributed by atoms with Crippen molar-refractivity contribution in [1.29, 1.82) is 0 Å². The molecule has 0 saturated carbocycles. The molecule has 0 amide bonds. The van der Waals surface area contributed by atoms with Crippen LogP contribution in [0.15, 0.2) is 48.6 Å². The first kappa shape index (κ1) is 53.5. The lowest BCUT2D eigenvalue weighted by Gasteiger charge is -2.20. The van der Waals surface area contributed by atoms with Gasteiger partial charge in [0.05, 0.1) is 19.8 Å². The van der Waals surface area contributed by atoms with Gasteiger partial charge in [-0.15, -0.1) is 0 Å². The monoisotopic (exact) mass is 796 g/mol. The number of nitrogens with two attached hydrogens (primary N) is 1. The van der Waals surface area contributed by atoms with Crippen molar-refractivity contribution in [3.05, 3.63) is 48.6 Å². The Balaban J connectivity index is 4.02. The Morgan fingerprint density at radius 3 is 1.53 bits per heavy atom. The molecule has 0 heterocycles. The predicted molar refractivity (Wildman–Crippen MR) is 233 cm³/mol. The Morgan fingerprint density at radius 2 is 1.02 bits per heavy atom. The number of esters is 1. The number of ether oxygens (including phenoxy) is 2. The van der Waals surface area contributed by atoms with Gasteiger partial charge in [-0.1, -0.05) is 191 Å². The third-order valence-corrected chi connectivity index (χ3v) is 10.5. The number of hydrogen-bond donors (Lipinski definition) is 2. The molecule has 0 aromatic heterocycles. The summed E-state index contributed by atoms with van der Waals surface area (Å²) in [6, 6.07) is 0. The average molecular weight is 796 g/mol. The highest BCUT2D eigenvalue weighted by Crippen LogP contribution is 2.43. The SMILES string of the molecule is CC/C=C\C/C=C\C/C=C\C/C=C\CCCCCCCCCOCC(COP(=O)(O)OCCN)OC(=O)CCCCCCCCCCCCCCCCCC. The van der Waals surface area contributed by atoms with E-state index in [4.69, 9.17) is 24.3 Å². The van der Waals surface area contributed by atoms with E-state index in [0.717, 1.165) is 64.2 Å². The zero-order valence-corrected chi connectivity index (χ0v) is 36.6. The van der Waals surface area contributed by atoms with Crippen LogP contribution in [0, 0.1) is 0 Å². The summed E-state index contributed by atoms with van der Waals surface area (Å²) in [6.45, 7) is 4.80. The molecule has 2 atom stereocenters. The van der Waals surface area contributed by atoms with Crippen LogP contribution in [0.4, 0.5) is 0 Å². The van der Waals surface area contributed by atoms with Crippen LogP contribution >= 0.6 is 7.82 Å². The second-order valence-electron chi connectivity index (χ2n) is 14.9. The zero-order chi connectivity index (χ0) is 40.2. The molecule has 8 nitrogen and oxygen atoms in total. The molecule has 0 radical (unpaired) electrons. The molecule has 322 valence electrons. The van der Waals surface area contributed by atoms with Crippen LogP contribution in [-0.4, -0.2) is 49.9 Å². The largest absolute Gasteiger partial charge is 0.472 e. The lowest BCUT2D eigenvalue weighted by atomic mass is 10.0. The standard InChI is InChI=1S/C46H86NO7P/c1-3-5-7-9-11-13-15-17-19-21-22-23-24-26-28-30-32-34-36-38-41-51-43-45(44-53-55(49,50)52-42-40-47)54-46(48)39-37-35-33-31-29-27-25-20-18-16-14-12-10-8-6-4-2/h5,7,11,13,17,19,22-23,45H,3-4,6,8-10,12,14-16,18,20-21,24-44,47H2,1-2H3,(H,49,50)/b7-5-,13-11-,19-17-,23-22-. The molecule has 0 fully saturated rings. The lowest BCUT2D eigenvalue weighted by Crippen LogP contribution is -2.28. The van der Waals surface area contributed by atoms with E-state index in [1.54, 1.807) is 0 Å². The summed E-state index contributed by atoms with van der Waals surface area (Å²) in [6.07, 6.45) is 51.3. The fraction of sp³-hybridized carbons (Fsp3) is 0.804. The molecule has 55 heavy (non-hydrogen) atoms. The molecule has 0 rings (SSSR count). The minimum absolute atomic E-state index is 0.0979. The van der Waals surface area contributed by atoms with Gasteiger partial charge in [0.15, 0.2) is 0 Å². The Hall–Kier alpha value is -1.54. The number of phosphoric ester groups is 1. The van der Waals surface area contributed by atoms with Gasteiger partial charge >= 0.3 is 13.8 Å². The second-order valence-corrected chi connectivity index (χ2v) is 16.3. The Bertz CT molecular complexity index is 983. The van der Waals surface area contributed by atoms with Crippen molar-refractivity contribution >= 4 is 13.8 Å². The number of phosphoric acid groups is 1. The van der Waals surface area contributed by atoms with Crippen LogP contribution in [0.3, 0.4) is 0 Å². The summed E-state index contributed by atoms with van der Waals surface area (Å²) < 4.78 is 33.5. The maximum Gasteiger partial charge on any atom is 0.472 e. The molecule has 0 saturated heterocycles. The van der Waals surface area contributed by atoms with E-state index < -0.39 is 13.9 Å². The topological polar surface area (TPSA) is 117 Å². The number of unbranched alkanes of at least 4 members (excludes halogenated alkanes) is 22. The molecule has 0 bridgehead atoms. The third-order valence-electron chi connectivity index (χ3n) is 9.51. The summed E-state index contributed by atoms with van der Waals surface area (Å²) in [5, 5.41) is 0. The number of carbonyl (C=O) groups excluding carboxylic acids is 1. The summed E-state index contributed by atoms with van der Waals surface area (Å²) in [7, 11) is -4.28. The van der Waals surface area contributed by atoms with Crippen LogP contribution in [-0.2, 0) is 27.9 Å². The first-order valence-corrected chi connectivity index (χ1v) is 24.1. The smallest absolute Gasteiger partial charge is 0.457 e. The molecule has 0 spiro atoms. The predicted octanol–water partition coefficient (Wildman–Crippen LogP) is 13.6. The van der Waals surface area contributed by atoms with Gasteiger partial charge in [-0.2, -0.15) is 0 Å². The van der Waals surface area contributed by atoms with E-state index in [-0.39, 0.29) is 32.3 Å². The van der Waals surface area contributed by atoms with E-state index in [1.807, 2.05) is 0 Å². The third kappa shape index (κ3) is 43.4. The van der Waals surface area contributed by atoms with Crippen molar-refractivity contribution in [2.45, 2.75) is 206 Å². The first-order chi connectivity index (χ1) is 26.9. The van der Waals surface area contributed by atoms with Crippen LogP contribution < -0.4 is 5.73 Å². The van der Waals surface area contributed by atoms with E-state index in [1.165, 1.54) is 116 Å². The van der Waals surface area contributed by atoms with Crippen molar-refractivity contribution < 1.29 is 32.8 Å². The van der Waals surface area contributed by atoms with Crippen LogP contribution in [0.5, 0.6) is 0 Å². The van der Waals surface area contributed by atoms with Crippen molar-refractivity contribution in [2.24, 2.45) is 5.73 Å². The van der Waals surface area contributed by atoms with Gasteiger partial charge in [-0.3, -0.25) is 13.8 Å². The molecular formula is C46H86NO7P. The number of allylic oxidation sites excluding steroid dienone is 8. The fourth-order valence-electron chi connectivity index (χ4n) is 6.22. The van der Waals surface area contributed by atoms with Crippen LogP contribution in [0.1, 0.15) is 200 Å². The fourth-order valence-corrected chi connectivity index (χ4v) is 6.99. The average Bonchev–Trinajstić information content (AvgIpc) is 3.17. The Morgan fingerprint density at radius 1 is 0.564 bits per heavy atom. The molecule has 2 unspecified atom stereocenters. The van der Waals surface area contributed by atoms with Gasteiger partial charge in [0.1, 0.15) is 6.10 Å². The van der Waals surface area contributed by atoms with Crippen molar-refractivity contribution in [3.63, 3.8) is 0 Å². The normalized spacial score (nSPS) is 13.9.